The molecule has 2 aliphatic rings. The van der Waals surface area contributed by atoms with Crippen LogP contribution in [-0.2, 0) is 4.74 Å². The average Bonchev–Trinajstić information content (AvgIpc) is 2.62. The molecule has 1 saturated carbocycles. The molecule has 0 radical (unpaired) electrons. The Morgan fingerprint density at radius 2 is 1.82 bits per heavy atom. The molecule has 0 spiro atoms. The number of rotatable bonds is 4. The van der Waals surface area contributed by atoms with Crippen molar-refractivity contribution in [2.45, 2.75) is 37.8 Å². The van der Waals surface area contributed by atoms with E-state index < -0.39 is 0 Å². The lowest BCUT2D eigenvalue weighted by Crippen LogP contribution is -2.49. The summed E-state index contributed by atoms with van der Waals surface area (Å²) in [6.07, 6.45) is 4.40. The van der Waals surface area contributed by atoms with Crippen LogP contribution >= 0.6 is 0 Å². The molecule has 1 aliphatic heterocycles. The van der Waals surface area contributed by atoms with Crippen LogP contribution in [0.4, 0.5) is 0 Å². The number of aliphatic hydroxyl groups is 1. The Bertz CT molecular complexity index is 456. The minimum Gasteiger partial charge on any atom is -0.497 e. The van der Waals surface area contributed by atoms with E-state index in [4.69, 9.17) is 9.47 Å². The van der Waals surface area contributed by atoms with Crippen molar-refractivity contribution in [3.63, 3.8) is 0 Å². The largest absolute Gasteiger partial charge is 0.497 e. The molecule has 3 atom stereocenters. The molecule has 1 aliphatic carbocycles. The molecular weight excluding hydrogens is 278 g/mol. The van der Waals surface area contributed by atoms with Crippen molar-refractivity contribution in [3.8, 4) is 5.75 Å². The Morgan fingerprint density at radius 3 is 2.50 bits per heavy atom. The molecule has 1 aromatic rings. The number of benzene rings is 1. The third-order valence-corrected chi connectivity index (χ3v) is 5.16. The first kappa shape index (κ1) is 15.8. The van der Waals surface area contributed by atoms with E-state index in [2.05, 4.69) is 4.90 Å². The van der Waals surface area contributed by atoms with Crippen molar-refractivity contribution >= 4 is 0 Å². The summed E-state index contributed by atoms with van der Waals surface area (Å²) in [6, 6.07) is 8.34. The fraction of sp³-hybridized carbons (Fsp3) is 0.667. The summed E-state index contributed by atoms with van der Waals surface area (Å²) in [4.78, 5) is 2.53. The summed E-state index contributed by atoms with van der Waals surface area (Å²) in [5.41, 5.74) is 1.01. The highest BCUT2D eigenvalue weighted by atomic mass is 16.5. The van der Waals surface area contributed by atoms with Crippen LogP contribution in [-0.4, -0.2) is 49.5 Å². The molecule has 2 fully saturated rings. The topological polar surface area (TPSA) is 41.9 Å². The Morgan fingerprint density at radius 1 is 1.14 bits per heavy atom. The van der Waals surface area contributed by atoms with E-state index in [9.17, 15) is 5.11 Å². The smallest absolute Gasteiger partial charge is 0.118 e. The Hall–Kier alpha value is -1.10. The van der Waals surface area contributed by atoms with Crippen LogP contribution in [0.2, 0.25) is 0 Å². The van der Waals surface area contributed by atoms with Gasteiger partial charge in [0.25, 0.3) is 0 Å². The van der Waals surface area contributed by atoms with E-state index >= 15 is 0 Å². The van der Waals surface area contributed by atoms with Gasteiger partial charge in [-0.2, -0.15) is 0 Å². The van der Waals surface area contributed by atoms with Crippen LogP contribution in [0.3, 0.4) is 0 Å². The maximum Gasteiger partial charge on any atom is 0.118 e. The van der Waals surface area contributed by atoms with Crippen molar-refractivity contribution in [1.82, 2.24) is 4.90 Å². The number of nitrogens with zero attached hydrogens (tertiary/aromatic N) is 1. The number of ether oxygens (including phenoxy) is 2. The van der Waals surface area contributed by atoms with E-state index in [1.165, 1.54) is 19.3 Å². The summed E-state index contributed by atoms with van der Waals surface area (Å²) in [5, 5.41) is 10.9. The van der Waals surface area contributed by atoms with Crippen LogP contribution in [0.15, 0.2) is 24.3 Å². The summed E-state index contributed by atoms with van der Waals surface area (Å²) >= 11 is 0. The molecule has 0 aromatic heterocycles. The number of aliphatic hydroxyl groups excluding tert-OH is 1. The number of hydrogen-bond acceptors (Lipinski definition) is 4. The van der Waals surface area contributed by atoms with Gasteiger partial charge in [0, 0.05) is 25.0 Å². The molecule has 0 unspecified atom stereocenters. The molecule has 0 bridgehead atoms. The second kappa shape index (κ2) is 7.44. The van der Waals surface area contributed by atoms with E-state index in [1.54, 1.807) is 7.11 Å². The fourth-order valence-electron chi connectivity index (χ4n) is 3.92. The van der Waals surface area contributed by atoms with Crippen molar-refractivity contribution in [2.24, 2.45) is 5.92 Å². The van der Waals surface area contributed by atoms with Gasteiger partial charge in [0.1, 0.15) is 5.75 Å². The molecule has 1 saturated heterocycles. The Balaban J connectivity index is 1.73. The van der Waals surface area contributed by atoms with Crippen LogP contribution in [0.1, 0.15) is 37.4 Å². The lowest BCUT2D eigenvalue weighted by molar-refractivity contribution is -0.0372. The average molecular weight is 305 g/mol. The van der Waals surface area contributed by atoms with Gasteiger partial charge in [-0.1, -0.05) is 25.0 Å². The van der Waals surface area contributed by atoms with Gasteiger partial charge in [-0.3, -0.25) is 4.90 Å². The molecule has 1 heterocycles. The molecule has 122 valence electrons. The molecule has 3 rings (SSSR count). The Labute approximate surface area is 133 Å². The summed E-state index contributed by atoms with van der Waals surface area (Å²) in [7, 11) is 1.67. The standard InChI is InChI=1S/C18H27NO3/c1-21-15-8-6-14(7-9-15)18(20)16-4-2-3-5-17(16)19-10-12-22-13-11-19/h6-9,16-18,20H,2-5,10-13H2,1H3/t16-,17+,18-/m1/s1. The van der Waals surface area contributed by atoms with E-state index in [0.29, 0.717) is 12.0 Å². The quantitative estimate of drug-likeness (QED) is 0.928. The maximum atomic E-state index is 10.9. The second-order valence-electron chi connectivity index (χ2n) is 6.38. The van der Waals surface area contributed by atoms with Crippen molar-refractivity contribution in [3.05, 3.63) is 29.8 Å². The third-order valence-electron chi connectivity index (χ3n) is 5.16. The predicted octanol–water partition coefficient (Wildman–Crippen LogP) is 2.62. The van der Waals surface area contributed by atoms with Crippen molar-refractivity contribution in [1.29, 1.82) is 0 Å². The van der Waals surface area contributed by atoms with Crippen LogP contribution in [0.5, 0.6) is 5.75 Å². The van der Waals surface area contributed by atoms with Gasteiger partial charge in [-0.05, 0) is 30.5 Å². The monoisotopic (exact) mass is 305 g/mol. The highest BCUT2D eigenvalue weighted by molar-refractivity contribution is 5.29. The highest BCUT2D eigenvalue weighted by Gasteiger charge is 2.35. The molecule has 4 nitrogen and oxygen atoms in total. The van der Waals surface area contributed by atoms with Crippen LogP contribution < -0.4 is 4.74 Å². The molecule has 0 amide bonds. The summed E-state index contributed by atoms with van der Waals surface area (Å²) in [6.45, 7) is 3.64. The molecule has 1 aromatic carbocycles. The summed E-state index contributed by atoms with van der Waals surface area (Å²) in [5.74, 6) is 1.16. The zero-order valence-electron chi connectivity index (χ0n) is 13.4. The lowest BCUT2D eigenvalue weighted by atomic mass is 9.78. The first-order chi connectivity index (χ1) is 10.8. The fourth-order valence-corrected chi connectivity index (χ4v) is 3.92. The van der Waals surface area contributed by atoms with Gasteiger partial charge in [0.2, 0.25) is 0 Å². The van der Waals surface area contributed by atoms with Gasteiger partial charge >= 0.3 is 0 Å². The normalized spacial score (nSPS) is 28.3. The zero-order valence-corrected chi connectivity index (χ0v) is 13.4. The molecular formula is C18H27NO3. The van der Waals surface area contributed by atoms with Gasteiger partial charge in [0.05, 0.1) is 26.4 Å². The molecule has 1 N–H and O–H groups in total. The Kier molecular flexibility index (Phi) is 5.34. The first-order valence-electron chi connectivity index (χ1n) is 8.43. The van der Waals surface area contributed by atoms with Crippen molar-refractivity contribution in [2.75, 3.05) is 33.4 Å². The highest BCUT2D eigenvalue weighted by Crippen LogP contribution is 2.37. The van der Waals surface area contributed by atoms with Gasteiger partial charge in [-0.15, -0.1) is 0 Å². The van der Waals surface area contributed by atoms with Crippen LogP contribution in [0, 0.1) is 5.92 Å². The van der Waals surface area contributed by atoms with E-state index in [1.807, 2.05) is 24.3 Å². The van der Waals surface area contributed by atoms with E-state index in [-0.39, 0.29) is 6.10 Å². The predicted molar refractivity (Wildman–Crippen MR) is 86.1 cm³/mol. The summed E-state index contributed by atoms with van der Waals surface area (Å²) < 4.78 is 10.7. The SMILES string of the molecule is COc1ccc([C@@H](O)[C@@H]2CCCC[C@@H]2N2CCOCC2)cc1. The maximum absolute atomic E-state index is 10.9. The number of methoxy groups -OCH3 is 1. The van der Waals surface area contributed by atoms with E-state index in [0.717, 1.165) is 44.0 Å². The van der Waals surface area contributed by atoms with Gasteiger partial charge < -0.3 is 14.6 Å². The molecule has 22 heavy (non-hydrogen) atoms. The first-order valence-corrected chi connectivity index (χ1v) is 8.43. The lowest BCUT2D eigenvalue weighted by Gasteiger charge is -2.43. The van der Waals surface area contributed by atoms with Gasteiger partial charge in [0.15, 0.2) is 0 Å². The van der Waals surface area contributed by atoms with Crippen molar-refractivity contribution < 1.29 is 14.6 Å². The minimum absolute atomic E-state index is 0.320. The second-order valence-corrected chi connectivity index (χ2v) is 6.38. The van der Waals surface area contributed by atoms with Crippen LogP contribution in [0.25, 0.3) is 0 Å². The number of hydrogen-bond donors (Lipinski definition) is 1. The minimum atomic E-state index is -0.390. The third kappa shape index (κ3) is 3.45. The van der Waals surface area contributed by atoms with Gasteiger partial charge in [-0.25, -0.2) is 0 Å². The number of morpholine rings is 1. The zero-order chi connectivity index (χ0) is 15.4. The molecule has 4 heteroatoms.